The van der Waals surface area contributed by atoms with Gasteiger partial charge in [0.2, 0.25) is 0 Å². The van der Waals surface area contributed by atoms with Crippen molar-refractivity contribution in [1.29, 1.82) is 0 Å². The van der Waals surface area contributed by atoms with Crippen LogP contribution in [0.3, 0.4) is 0 Å². The van der Waals surface area contributed by atoms with Gasteiger partial charge in [-0.1, -0.05) is 43.0 Å². The molecule has 0 aromatic rings. The topological polar surface area (TPSA) is 214 Å². The molecule has 0 N–H and O–H groups in total. The highest BCUT2D eigenvalue weighted by Crippen LogP contribution is 2.24. The molecular formula is C47H70O17. The number of carbonyl (C=O) groups excluding carboxylic acids is 6. The summed E-state index contributed by atoms with van der Waals surface area (Å²) in [6.45, 7) is 28.7. The molecule has 5 atom stereocenters. The van der Waals surface area contributed by atoms with Crippen molar-refractivity contribution in [2.24, 2.45) is 17.3 Å². The van der Waals surface area contributed by atoms with Crippen molar-refractivity contribution in [2.45, 2.75) is 89.4 Å². The predicted octanol–water partition coefficient (Wildman–Crippen LogP) is 6.30. The van der Waals surface area contributed by atoms with Crippen LogP contribution in [0.2, 0.25) is 0 Å². The van der Waals surface area contributed by atoms with Crippen LogP contribution in [0, 0.1) is 17.3 Å². The minimum absolute atomic E-state index is 0.0121. The molecule has 6 aliphatic heterocycles. The fraction of sp³-hybridized carbons (Fsp3) is 0.617. The van der Waals surface area contributed by atoms with E-state index in [0.717, 1.165) is 65.0 Å². The van der Waals surface area contributed by atoms with Gasteiger partial charge in [-0.3, -0.25) is 24.0 Å². The Labute approximate surface area is 378 Å². The minimum atomic E-state index is -0.906. The summed E-state index contributed by atoms with van der Waals surface area (Å²) in [5.41, 5.74) is -0.906. The molecule has 0 aromatic heterocycles. The van der Waals surface area contributed by atoms with Gasteiger partial charge in [-0.05, 0) is 51.9 Å². The van der Waals surface area contributed by atoms with Gasteiger partial charge in [-0.15, -0.1) is 32.9 Å². The highest BCUT2D eigenvalue weighted by molar-refractivity contribution is 5.78. The number of epoxide rings is 3. The molecule has 0 spiro atoms. The molecule has 17 heteroatoms. The maximum atomic E-state index is 11.4. The van der Waals surface area contributed by atoms with E-state index < -0.39 is 17.5 Å². The number of carbonyl (C=O) groups is 6. The molecule has 0 radical (unpaired) electrons. The normalized spacial score (nSPS) is 22.5. The molecule has 64 heavy (non-hydrogen) atoms. The lowest BCUT2D eigenvalue weighted by Crippen LogP contribution is -2.44. The first kappa shape index (κ1) is 56.9. The third-order valence-electron chi connectivity index (χ3n) is 9.04. The van der Waals surface area contributed by atoms with Crippen molar-refractivity contribution >= 4 is 36.0 Å². The van der Waals surface area contributed by atoms with Gasteiger partial charge in [0.25, 0.3) is 0 Å². The van der Waals surface area contributed by atoms with E-state index in [-0.39, 0.29) is 61.6 Å². The molecule has 6 fully saturated rings. The SMILES string of the molecule is C=CC1CCCOC1=O.C=CCC1CCCOC1=O.C=CCCC(=O)OCC1CO1.C=CCCC(=O)OCCC1CO1.C=CCOC(=O)C1(C)COC(=O)OC1.C=CCOCC1CO1. The second-order valence-corrected chi connectivity index (χ2v) is 15.0. The van der Waals surface area contributed by atoms with Crippen LogP contribution in [0.25, 0.3) is 0 Å². The average Bonchev–Trinajstić information content (AvgIpc) is 4.14. The van der Waals surface area contributed by atoms with Crippen LogP contribution in [-0.2, 0) is 76.1 Å². The minimum Gasteiger partial charge on any atom is -0.466 e. The number of ether oxygens (including phenoxy) is 11. The summed E-state index contributed by atoms with van der Waals surface area (Å²) >= 11 is 0. The first-order valence-corrected chi connectivity index (χ1v) is 21.6. The Morgan fingerprint density at radius 3 is 1.69 bits per heavy atom. The van der Waals surface area contributed by atoms with E-state index in [1.807, 2.05) is 0 Å². The van der Waals surface area contributed by atoms with Gasteiger partial charge in [-0.25, -0.2) is 4.79 Å². The Bertz CT molecular complexity index is 1450. The number of hydrogen-bond acceptors (Lipinski definition) is 17. The van der Waals surface area contributed by atoms with Crippen LogP contribution >= 0.6 is 0 Å². The summed E-state index contributed by atoms with van der Waals surface area (Å²) < 4.78 is 53.3. The van der Waals surface area contributed by atoms with Gasteiger partial charge in [0.1, 0.15) is 44.1 Å². The monoisotopic (exact) mass is 906 g/mol. The number of rotatable bonds is 21. The molecule has 0 amide bonds. The Hall–Kier alpha value is -5.10. The third kappa shape index (κ3) is 30.1. The maximum Gasteiger partial charge on any atom is 0.508 e. The molecule has 17 nitrogen and oxygen atoms in total. The van der Waals surface area contributed by atoms with E-state index in [1.54, 1.807) is 37.3 Å². The van der Waals surface area contributed by atoms with Crippen LogP contribution in [-0.4, -0.2) is 134 Å². The number of cyclic esters (lactones) is 4. The van der Waals surface area contributed by atoms with E-state index in [2.05, 4.69) is 48.9 Å². The summed E-state index contributed by atoms with van der Waals surface area (Å²) in [5.74, 6) is -0.881. The fourth-order valence-corrected chi connectivity index (χ4v) is 4.94. The van der Waals surface area contributed by atoms with Crippen molar-refractivity contribution in [2.75, 3.05) is 79.3 Å². The summed E-state index contributed by atoms with van der Waals surface area (Å²) in [7, 11) is 0. The van der Waals surface area contributed by atoms with Crippen LogP contribution in [0.4, 0.5) is 4.79 Å². The first-order chi connectivity index (χ1) is 30.9. The second-order valence-electron chi connectivity index (χ2n) is 15.0. The molecule has 0 bridgehead atoms. The van der Waals surface area contributed by atoms with Gasteiger partial charge >= 0.3 is 36.0 Å². The van der Waals surface area contributed by atoms with Crippen molar-refractivity contribution in [1.82, 2.24) is 0 Å². The molecule has 360 valence electrons. The van der Waals surface area contributed by atoms with E-state index in [4.69, 9.17) is 42.6 Å². The van der Waals surface area contributed by atoms with E-state index in [9.17, 15) is 28.8 Å². The van der Waals surface area contributed by atoms with Gasteiger partial charge in [-0.2, -0.15) is 0 Å². The quantitative estimate of drug-likeness (QED) is 0.0406. The third-order valence-corrected chi connectivity index (χ3v) is 9.04. The van der Waals surface area contributed by atoms with Crippen LogP contribution < -0.4 is 0 Å². The Balaban J connectivity index is 0.000000387. The van der Waals surface area contributed by atoms with Crippen molar-refractivity contribution < 1.29 is 80.9 Å². The van der Waals surface area contributed by atoms with E-state index in [1.165, 1.54) is 6.08 Å². The van der Waals surface area contributed by atoms with Crippen LogP contribution in [0.5, 0.6) is 0 Å². The molecule has 6 heterocycles. The number of allylic oxidation sites excluding steroid dienone is 3. The van der Waals surface area contributed by atoms with E-state index >= 15 is 0 Å². The molecule has 5 unspecified atom stereocenters. The van der Waals surface area contributed by atoms with Gasteiger partial charge in [0, 0.05) is 19.3 Å². The standard InChI is InChI=1S/C9H12O5.C9H14O3.C8H12O3.C8H12O2.C7H10O2.C6H10O2/c1-3-4-12-7(10)9(2)5-13-8(11)14-6-9;1-2-3-4-9(10)11-6-5-8-7-12-8;1-2-3-4-8(9)11-6-7-5-10-7;1-2-4-7-5-3-6-10-8(7)9;1-2-6-4-3-5-9-7(6)8;1-2-3-7-4-6-5-8-6/h3H,1,4-6H2,2H3;2,8H,1,3-7H2;2,7H,1,3-6H2;2,7H,1,3-6H2;2,6H,1,3-5H2;2,6H,1,3-5H2. The average molecular weight is 907 g/mol. The summed E-state index contributed by atoms with van der Waals surface area (Å²) in [5, 5.41) is 0. The van der Waals surface area contributed by atoms with Crippen molar-refractivity contribution in [3.8, 4) is 0 Å². The highest BCUT2D eigenvalue weighted by Gasteiger charge is 2.41. The lowest BCUT2D eigenvalue weighted by molar-refractivity contribution is -0.164. The molecule has 0 saturated carbocycles. The lowest BCUT2D eigenvalue weighted by Gasteiger charge is -2.29. The molecule has 6 aliphatic rings. The predicted molar refractivity (Wildman–Crippen MR) is 235 cm³/mol. The smallest absolute Gasteiger partial charge is 0.466 e. The van der Waals surface area contributed by atoms with Gasteiger partial charge in [0.05, 0.1) is 70.8 Å². The largest absolute Gasteiger partial charge is 0.508 e. The maximum absolute atomic E-state index is 11.4. The lowest BCUT2D eigenvalue weighted by atomic mass is 9.93. The fourth-order valence-electron chi connectivity index (χ4n) is 4.94. The van der Waals surface area contributed by atoms with Crippen molar-refractivity contribution in [3.05, 3.63) is 75.9 Å². The zero-order chi connectivity index (χ0) is 47.4. The second kappa shape index (κ2) is 35.3. The first-order valence-electron chi connectivity index (χ1n) is 21.6. The van der Waals surface area contributed by atoms with Crippen LogP contribution in [0.15, 0.2) is 75.9 Å². The van der Waals surface area contributed by atoms with Crippen molar-refractivity contribution in [3.63, 3.8) is 0 Å². The zero-order valence-corrected chi connectivity index (χ0v) is 37.6. The molecule has 6 saturated heterocycles. The molecular weight excluding hydrogens is 837 g/mol. The molecule has 6 rings (SSSR count). The van der Waals surface area contributed by atoms with Gasteiger partial charge in [0.15, 0.2) is 0 Å². The Kier molecular flexibility index (Phi) is 31.4. The number of esters is 5. The number of hydrogen-bond donors (Lipinski definition) is 0. The Morgan fingerprint density at radius 1 is 0.656 bits per heavy atom. The summed E-state index contributed by atoms with van der Waals surface area (Å²) in [4.78, 5) is 65.4. The zero-order valence-electron chi connectivity index (χ0n) is 37.6. The summed E-state index contributed by atoms with van der Waals surface area (Å²) in [6, 6.07) is 0. The highest BCUT2D eigenvalue weighted by atomic mass is 16.7. The molecule has 0 aromatic carbocycles. The van der Waals surface area contributed by atoms with Crippen LogP contribution in [0.1, 0.15) is 71.1 Å². The molecule has 0 aliphatic carbocycles. The Morgan fingerprint density at radius 2 is 1.20 bits per heavy atom. The summed E-state index contributed by atoms with van der Waals surface area (Å²) in [6.07, 6.45) is 17.9. The van der Waals surface area contributed by atoms with Gasteiger partial charge < -0.3 is 52.1 Å². The van der Waals surface area contributed by atoms with E-state index in [0.29, 0.717) is 70.9 Å².